The fourth-order valence-electron chi connectivity index (χ4n) is 3.33. The summed E-state index contributed by atoms with van der Waals surface area (Å²) in [5, 5.41) is 3.03. The van der Waals surface area contributed by atoms with Gasteiger partial charge in [0.05, 0.1) is 26.8 Å². The number of nitrogens with zero attached hydrogens (tertiary/aromatic N) is 1. The maximum atomic E-state index is 14.0. The molecule has 2 aromatic rings. The Labute approximate surface area is 165 Å². The Balaban J connectivity index is 1.66. The number of ether oxygens (including phenoxy) is 2. The van der Waals surface area contributed by atoms with Crippen molar-refractivity contribution in [1.29, 1.82) is 0 Å². The van der Waals surface area contributed by atoms with Gasteiger partial charge in [0, 0.05) is 23.7 Å². The molecule has 1 saturated carbocycles. The van der Waals surface area contributed by atoms with Crippen LogP contribution in [0.5, 0.6) is 11.5 Å². The monoisotopic (exact) mass is 386 g/mol. The third-order valence-corrected chi connectivity index (χ3v) is 5.02. The summed E-state index contributed by atoms with van der Waals surface area (Å²) in [5.74, 6) is 1.07. The van der Waals surface area contributed by atoms with Crippen molar-refractivity contribution in [3.63, 3.8) is 0 Å². The van der Waals surface area contributed by atoms with Crippen LogP contribution in [0.3, 0.4) is 0 Å². The van der Waals surface area contributed by atoms with E-state index >= 15 is 0 Å². The second kappa shape index (κ2) is 9.06. The van der Waals surface area contributed by atoms with Gasteiger partial charge in [-0.2, -0.15) is 0 Å². The molecule has 3 rings (SSSR count). The second-order valence-electron chi connectivity index (χ2n) is 7.12. The van der Waals surface area contributed by atoms with Crippen LogP contribution in [0.25, 0.3) is 0 Å². The van der Waals surface area contributed by atoms with Crippen LogP contribution in [0.4, 0.5) is 4.39 Å². The molecule has 150 valence electrons. The zero-order chi connectivity index (χ0) is 20.1. The molecule has 0 radical (unpaired) electrons. The zero-order valence-corrected chi connectivity index (χ0v) is 16.6. The van der Waals surface area contributed by atoms with E-state index in [-0.39, 0.29) is 24.3 Å². The number of methoxy groups -OCH3 is 2. The van der Waals surface area contributed by atoms with Gasteiger partial charge in [-0.25, -0.2) is 4.39 Å². The van der Waals surface area contributed by atoms with Crippen LogP contribution in [0, 0.1) is 5.82 Å². The minimum Gasteiger partial charge on any atom is -0.497 e. The number of hydrogen-bond donors (Lipinski definition) is 1. The summed E-state index contributed by atoms with van der Waals surface area (Å²) in [5.41, 5.74) is 1.46. The van der Waals surface area contributed by atoms with E-state index in [0.29, 0.717) is 29.6 Å². The first kappa shape index (κ1) is 20.1. The van der Waals surface area contributed by atoms with Crippen molar-refractivity contribution in [3.05, 3.63) is 59.4 Å². The van der Waals surface area contributed by atoms with Crippen LogP contribution in [-0.2, 0) is 11.3 Å². The molecule has 0 aromatic heterocycles. The smallest absolute Gasteiger partial charge is 0.234 e. The molecule has 0 spiro atoms. The van der Waals surface area contributed by atoms with Crippen molar-refractivity contribution in [1.82, 2.24) is 10.2 Å². The number of halogens is 1. The first-order chi connectivity index (χ1) is 13.5. The molecule has 0 bridgehead atoms. The van der Waals surface area contributed by atoms with E-state index in [1.54, 1.807) is 26.4 Å². The van der Waals surface area contributed by atoms with E-state index in [1.807, 2.05) is 36.1 Å². The van der Waals surface area contributed by atoms with Gasteiger partial charge in [-0.15, -0.1) is 0 Å². The quantitative estimate of drug-likeness (QED) is 0.714. The van der Waals surface area contributed by atoms with Crippen molar-refractivity contribution >= 4 is 5.91 Å². The van der Waals surface area contributed by atoms with E-state index in [2.05, 4.69) is 5.32 Å². The number of benzene rings is 2. The normalized spacial score (nSPS) is 14.6. The van der Waals surface area contributed by atoms with Gasteiger partial charge < -0.3 is 14.8 Å². The molecule has 6 heteroatoms. The van der Waals surface area contributed by atoms with Gasteiger partial charge >= 0.3 is 0 Å². The van der Waals surface area contributed by atoms with E-state index in [1.165, 1.54) is 6.07 Å². The molecule has 1 fully saturated rings. The molecule has 0 heterocycles. The highest BCUT2D eigenvalue weighted by Crippen LogP contribution is 2.30. The highest BCUT2D eigenvalue weighted by molar-refractivity contribution is 5.78. The fourth-order valence-corrected chi connectivity index (χ4v) is 3.33. The Bertz CT molecular complexity index is 823. The van der Waals surface area contributed by atoms with Crippen molar-refractivity contribution in [3.8, 4) is 11.5 Å². The Kier molecular flexibility index (Phi) is 6.52. The Morgan fingerprint density at radius 2 is 1.96 bits per heavy atom. The molecular weight excluding hydrogens is 359 g/mol. The van der Waals surface area contributed by atoms with Crippen molar-refractivity contribution in [2.45, 2.75) is 38.4 Å². The largest absolute Gasteiger partial charge is 0.497 e. The third-order valence-electron chi connectivity index (χ3n) is 5.02. The van der Waals surface area contributed by atoms with Crippen LogP contribution in [0.15, 0.2) is 42.5 Å². The predicted octanol–water partition coefficient (Wildman–Crippen LogP) is 3.68. The summed E-state index contributed by atoms with van der Waals surface area (Å²) < 4.78 is 24.7. The Morgan fingerprint density at radius 1 is 1.21 bits per heavy atom. The SMILES string of the molecule is COc1ccc(OC)c(C(C)NC(=O)CN(Cc2ccccc2F)C2CC2)c1. The third kappa shape index (κ3) is 5.01. The number of amides is 1. The topological polar surface area (TPSA) is 50.8 Å². The van der Waals surface area contributed by atoms with Gasteiger partial charge in [0.1, 0.15) is 17.3 Å². The minimum absolute atomic E-state index is 0.0967. The van der Waals surface area contributed by atoms with Gasteiger partial charge in [-0.3, -0.25) is 9.69 Å². The van der Waals surface area contributed by atoms with Gasteiger partial charge in [0.25, 0.3) is 0 Å². The minimum atomic E-state index is -0.243. The van der Waals surface area contributed by atoms with Gasteiger partial charge in [0.2, 0.25) is 5.91 Å². The zero-order valence-electron chi connectivity index (χ0n) is 16.6. The van der Waals surface area contributed by atoms with Crippen LogP contribution in [-0.4, -0.2) is 37.6 Å². The maximum absolute atomic E-state index is 14.0. The van der Waals surface area contributed by atoms with E-state index in [9.17, 15) is 9.18 Å². The van der Waals surface area contributed by atoms with Crippen LogP contribution < -0.4 is 14.8 Å². The van der Waals surface area contributed by atoms with E-state index < -0.39 is 0 Å². The standard InChI is InChI=1S/C22H27FN2O3/c1-15(19-12-18(27-2)10-11-21(19)28-3)24-22(26)14-25(17-8-9-17)13-16-6-4-5-7-20(16)23/h4-7,10-12,15,17H,8-9,13-14H2,1-3H3,(H,24,26). The first-order valence-corrected chi connectivity index (χ1v) is 9.50. The average molecular weight is 386 g/mol. The Hall–Kier alpha value is -2.60. The van der Waals surface area contributed by atoms with Crippen molar-refractivity contribution in [2.75, 3.05) is 20.8 Å². The van der Waals surface area contributed by atoms with E-state index in [0.717, 1.165) is 18.4 Å². The summed E-state index contributed by atoms with van der Waals surface area (Å²) in [4.78, 5) is 14.7. The number of carbonyl (C=O) groups excluding carboxylic acids is 1. The lowest BCUT2D eigenvalue weighted by Crippen LogP contribution is -2.39. The molecule has 1 N–H and O–H groups in total. The lowest BCUT2D eigenvalue weighted by Gasteiger charge is -2.24. The first-order valence-electron chi connectivity index (χ1n) is 9.50. The number of carbonyl (C=O) groups is 1. The molecule has 5 nitrogen and oxygen atoms in total. The number of hydrogen-bond acceptors (Lipinski definition) is 4. The molecule has 0 saturated heterocycles. The molecule has 2 aromatic carbocycles. The molecule has 1 aliphatic carbocycles. The molecular formula is C22H27FN2O3. The van der Waals surface area contributed by atoms with Gasteiger partial charge in [-0.1, -0.05) is 18.2 Å². The number of rotatable bonds is 9. The fraction of sp³-hybridized carbons (Fsp3) is 0.409. The summed E-state index contributed by atoms with van der Waals surface area (Å²) in [6.45, 7) is 2.57. The molecule has 1 amide bonds. The molecule has 0 aliphatic heterocycles. The summed E-state index contributed by atoms with van der Waals surface area (Å²) >= 11 is 0. The second-order valence-corrected chi connectivity index (χ2v) is 7.12. The lowest BCUT2D eigenvalue weighted by molar-refractivity contribution is -0.123. The van der Waals surface area contributed by atoms with Crippen molar-refractivity contribution < 1.29 is 18.7 Å². The summed E-state index contributed by atoms with van der Waals surface area (Å²) in [6, 6.07) is 12.3. The summed E-state index contributed by atoms with van der Waals surface area (Å²) in [7, 11) is 3.20. The lowest BCUT2D eigenvalue weighted by atomic mass is 10.1. The van der Waals surface area contributed by atoms with Gasteiger partial charge in [-0.05, 0) is 44.0 Å². The molecule has 1 aliphatic rings. The predicted molar refractivity (Wildman–Crippen MR) is 106 cm³/mol. The maximum Gasteiger partial charge on any atom is 0.234 e. The molecule has 28 heavy (non-hydrogen) atoms. The Morgan fingerprint density at radius 3 is 2.61 bits per heavy atom. The summed E-state index contributed by atoms with van der Waals surface area (Å²) in [6.07, 6.45) is 2.09. The van der Waals surface area contributed by atoms with Gasteiger partial charge in [0.15, 0.2) is 0 Å². The average Bonchev–Trinajstić information content (AvgIpc) is 3.53. The van der Waals surface area contributed by atoms with Crippen molar-refractivity contribution in [2.24, 2.45) is 0 Å². The molecule has 1 atom stereocenters. The van der Waals surface area contributed by atoms with E-state index in [4.69, 9.17) is 9.47 Å². The highest BCUT2D eigenvalue weighted by Gasteiger charge is 2.31. The van der Waals surface area contributed by atoms with Crippen LogP contribution >= 0.6 is 0 Å². The highest BCUT2D eigenvalue weighted by atomic mass is 19.1. The molecule has 1 unspecified atom stereocenters. The number of nitrogens with one attached hydrogen (secondary N) is 1. The van der Waals surface area contributed by atoms with Crippen LogP contribution in [0.2, 0.25) is 0 Å². The van der Waals surface area contributed by atoms with Crippen LogP contribution in [0.1, 0.15) is 36.9 Å².